The van der Waals surface area contributed by atoms with Crippen molar-refractivity contribution in [3.8, 4) is 0 Å². The largest absolute Gasteiger partial charge is 0.355 e. The van der Waals surface area contributed by atoms with Crippen molar-refractivity contribution < 1.29 is 9.32 Å². The van der Waals surface area contributed by atoms with Crippen LogP contribution < -0.4 is 10.2 Å². The Balaban J connectivity index is 1.50. The molecule has 4 rings (SSSR count). The lowest BCUT2D eigenvalue weighted by Crippen LogP contribution is -2.43. The van der Waals surface area contributed by atoms with Crippen LogP contribution in [0.4, 0.5) is 5.82 Å². The van der Waals surface area contributed by atoms with Crippen LogP contribution in [-0.4, -0.2) is 34.1 Å². The van der Waals surface area contributed by atoms with Gasteiger partial charge in [-0.1, -0.05) is 29.4 Å². The molecule has 3 aromatic rings. The van der Waals surface area contributed by atoms with E-state index < -0.39 is 0 Å². The smallest absolute Gasteiger partial charge is 0.263 e. The SMILES string of the molecule is Cc1nc(N2CCC[C@H](C(=O)NCc3ccccc3C)C2)c2c(C)noc2n1. The molecule has 3 heterocycles. The van der Waals surface area contributed by atoms with Crippen LogP contribution in [0.15, 0.2) is 28.8 Å². The van der Waals surface area contributed by atoms with Crippen LogP contribution in [0.3, 0.4) is 0 Å². The molecule has 28 heavy (non-hydrogen) atoms. The molecule has 146 valence electrons. The maximum Gasteiger partial charge on any atom is 0.263 e. The third kappa shape index (κ3) is 3.56. The number of rotatable bonds is 4. The highest BCUT2D eigenvalue weighted by Gasteiger charge is 2.29. The second-order valence-electron chi connectivity index (χ2n) is 7.47. The van der Waals surface area contributed by atoms with Crippen molar-refractivity contribution in [1.29, 1.82) is 0 Å². The molecule has 0 bridgehead atoms. The summed E-state index contributed by atoms with van der Waals surface area (Å²) in [6.07, 6.45) is 1.82. The molecule has 0 aliphatic carbocycles. The van der Waals surface area contributed by atoms with Gasteiger partial charge >= 0.3 is 0 Å². The van der Waals surface area contributed by atoms with Gasteiger partial charge in [-0.25, -0.2) is 4.98 Å². The topological polar surface area (TPSA) is 84.2 Å². The standard InChI is InChI=1S/C21H25N5O2/c1-13-7-4-5-8-16(13)11-22-20(27)17-9-6-10-26(12-17)19-18-14(2)25-28-21(18)24-15(3)23-19/h4-5,7-8,17H,6,9-12H2,1-3H3,(H,22,27)/t17-/m0/s1. The minimum atomic E-state index is -0.0664. The van der Waals surface area contributed by atoms with Gasteiger partial charge in [-0.05, 0) is 44.7 Å². The summed E-state index contributed by atoms with van der Waals surface area (Å²) in [5, 5.41) is 7.98. The van der Waals surface area contributed by atoms with E-state index in [0.29, 0.717) is 24.6 Å². The Bertz CT molecular complexity index is 1010. The number of hydrogen-bond donors (Lipinski definition) is 1. The number of nitrogens with one attached hydrogen (secondary N) is 1. The number of aromatic nitrogens is 3. The van der Waals surface area contributed by atoms with Crippen LogP contribution in [-0.2, 0) is 11.3 Å². The van der Waals surface area contributed by atoms with Crippen LogP contribution in [0, 0.1) is 26.7 Å². The lowest BCUT2D eigenvalue weighted by molar-refractivity contribution is -0.125. The molecule has 0 radical (unpaired) electrons. The zero-order chi connectivity index (χ0) is 19.7. The van der Waals surface area contributed by atoms with Crippen LogP contribution in [0.5, 0.6) is 0 Å². The van der Waals surface area contributed by atoms with Crippen LogP contribution in [0.2, 0.25) is 0 Å². The van der Waals surface area contributed by atoms with Crippen molar-refractivity contribution in [3.63, 3.8) is 0 Å². The molecule has 1 aliphatic rings. The zero-order valence-electron chi connectivity index (χ0n) is 16.5. The van der Waals surface area contributed by atoms with Gasteiger partial charge in [-0.2, -0.15) is 4.98 Å². The highest BCUT2D eigenvalue weighted by molar-refractivity contribution is 5.88. The number of amides is 1. The second kappa shape index (κ2) is 7.58. The first kappa shape index (κ1) is 18.4. The number of anilines is 1. The fourth-order valence-corrected chi connectivity index (χ4v) is 3.82. The molecule has 0 unspecified atom stereocenters. The number of carbonyl (C=O) groups excluding carboxylic acids is 1. The van der Waals surface area contributed by atoms with E-state index in [4.69, 9.17) is 4.52 Å². The summed E-state index contributed by atoms with van der Waals surface area (Å²) < 4.78 is 5.33. The Morgan fingerprint density at radius 2 is 2.07 bits per heavy atom. The molecule has 1 fully saturated rings. The number of aryl methyl sites for hydroxylation is 3. The van der Waals surface area contributed by atoms with E-state index in [1.807, 2.05) is 26.0 Å². The quantitative estimate of drug-likeness (QED) is 0.750. The highest BCUT2D eigenvalue weighted by Crippen LogP contribution is 2.30. The van der Waals surface area contributed by atoms with Crippen molar-refractivity contribution in [2.75, 3.05) is 18.0 Å². The average molecular weight is 379 g/mol. The first-order valence-corrected chi connectivity index (χ1v) is 9.70. The third-order valence-electron chi connectivity index (χ3n) is 5.41. The molecule has 1 aliphatic heterocycles. The predicted octanol–water partition coefficient (Wildman–Crippen LogP) is 3.08. The van der Waals surface area contributed by atoms with E-state index in [0.717, 1.165) is 41.8 Å². The number of hydrogen-bond acceptors (Lipinski definition) is 6. The molecular formula is C21H25N5O2. The van der Waals surface area contributed by atoms with Gasteiger partial charge in [0.05, 0.1) is 11.6 Å². The maximum atomic E-state index is 12.8. The molecule has 1 N–H and O–H groups in total. The van der Waals surface area contributed by atoms with Gasteiger partial charge in [0.1, 0.15) is 17.0 Å². The Morgan fingerprint density at radius 1 is 1.25 bits per heavy atom. The van der Waals surface area contributed by atoms with Crippen LogP contribution in [0.1, 0.15) is 35.5 Å². The van der Waals surface area contributed by atoms with Crippen molar-refractivity contribution in [1.82, 2.24) is 20.4 Å². The van der Waals surface area contributed by atoms with Crippen molar-refractivity contribution in [2.45, 2.75) is 40.2 Å². The average Bonchev–Trinajstić information content (AvgIpc) is 3.07. The minimum absolute atomic E-state index is 0.0664. The molecule has 1 saturated heterocycles. The fraction of sp³-hybridized carbons (Fsp3) is 0.429. The van der Waals surface area contributed by atoms with Crippen molar-refractivity contribution in [3.05, 3.63) is 46.9 Å². The highest BCUT2D eigenvalue weighted by atomic mass is 16.5. The van der Waals surface area contributed by atoms with Gasteiger partial charge in [0.15, 0.2) is 0 Å². The second-order valence-corrected chi connectivity index (χ2v) is 7.47. The van der Waals surface area contributed by atoms with Crippen molar-refractivity contribution >= 4 is 22.8 Å². The fourth-order valence-electron chi connectivity index (χ4n) is 3.82. The monoisotopic (exact) mass is 379 g/mol. The van der Waals surface area contributed by atoms with Gasteiger partial charge in [-0.3, -0.25) is 4.79 Å². The van der Waals surface area contributed by atoms with Gasteiger partial charge in [-0.15, -0.1) is 0 Å². The first-order chi connectivity index (χ1) is 13.5. The van der Waals surface area contributed by atoms with E-state index in [9.17, 15) is 4.79 Å². The lowest BCUT2D eigenvalue weighted by atomic mass is 9.96. The molecule has 2 aromatic heterocycles. The molecule has 0 spiro atoms. The molecule has 1 amide bonds. The summed E-state index contributed by atoms with van der Waals surface area (Å²) in [5.74, 6) is 1.49. The Hall–Kier alpha value is -2.96. The van der Waals surface area contributed by atoms with Gasteiger partial charge in [0, 0.05) is 19.6 Å². The predicted molar refractivity (Wildman–Crippen MR) is 107 cm³/mol. The summed E-state index contributed by atoms with van der Waals surface area (Å²) in [4.78, 5) is 23.9. The van der Waals surface area contributed by atoms with E-state index in [-0.39, 0.29) is 11.8 Å². The third-order valence-corrected chi connectivity index (χ3v) is 5.41. The van der Waals surface area contributed by atoms with Gasteiger partial charge < -0.3 is 14.7 Å². The minimum Gasteiger partial charge on any atom is -0.355 e. The van der Waals surface area contributed by atoms with E-state index in [2.05, 4.69) is 44.4 Å². The summed E-state index contributed by atoms with van der Waals surface area (Å²) in [6, 6.07) is 8.13. The number of fused-ring (bicyclic) bond motifs is 1. The Kier molecular flexibility index (Phi) is 4.98. The molecule has 1 atom stereocenters. The number of piperidine rings is 1. The van der Waals surface area contributed by atoms with E-state index in [1.165, 1.54) is 5.56 Å². The number of benzene rings is 1. The van der Waals surface area contributed by atoms with Crippen LogP contribution >= 0.6 is 0 Å². The van der Waals surface area contributed by atoms with E-state index in [1.54, 1.807) is 0 Å². The normalized spacial score (nSPS) is 17.1. The Morgan fingerprint density at radius 3 is 2.89 bits per heavy atom. The van der Waals surface area contributed by atoms with Gasteiger partial charge in [0.2, 0.25) is 5.91 Å². The summed E-state index contributed by atoms with van der Waals surface area (Å²) in [5.41, 5.74) is 3.62. The lowest BCUT2D eigenvalue weighted by Gasteiger charge is -2.33. The molecular weight excluding hydrogens is 354 g/mol. The summed E-state index contributed by atoms with van der Waals surface area (Å²) in [6.45, 7) is 7.85. The molecule has 0 saturated carbocycles. The zero-order valence-corrected chi connectivity index (χ0v) is 16.5. The number of nitrogens with zero attached hydrogens (tertiary/aromatic N) is 4. The Labute approximate surface area is 164 Å². The van der Waals surface area contributed by atoms with Crippen molar-refractivity contribution in [2.24, 2.45) is 5.92 Å². The van der Waals surface area contributed by atoms with E-state index >= 15 is 0 Å². The summed E-state index contributed by atoms with van der Waals surface area (Å²) in [7, 11) is 0. The van der Waals surface area contributed by atoms with Gasteiger partial charge in [0.25, 0.3) is 5.71 Å². The number of carbonyl (C=O) groups is 1. The maximum absolute atomic E-state index is 12.8. The molecule has 7 heteroatoms. The molecule has 1 aromatic carbocycles. The van der Waals surface area contributed by atoms with Crippen LogP contribution in [0.25, 0.3) is 11.1 Å². The first-order valence-electron chi connectivity index (χ1n) is 9.70. The summed E-state index contributed by atoms with van der Waals surface area (Å²) >= 11 is 0. The molecule has 7 nitrogen and oxygen atoms in total.